The van der Waals surface area contributed by atoms with Crippen molar-refractivity contribution >= 4 is 0 Å². The number of para-hydroxylation sites is 1. The van der Waals surface area contributed by atoms with E-state index in [2.05, 4.69) is 0 Å². The highest BCUT2D eigenvalue weighted by Gasteiger charge is 2.16. The number of hydrogen-bond acceptors (Lipinski definition) is 3. The summed E-state index contributed by atoms with van der Waals surface area (Å²) in [5, 5.41) is 0. The molecule has 0 saturated heterocycles. The van der Waals surface area contributed by atoms with E-state index in [0.717, 1.165) is 0 Å². The smallest absolute Gasteiger partial charge is 0.261 e. The summed E-state index contributed by atoms with van der Waals surface area (Å²) in [6.45, 7) is -0.493. The molecule has 0 aliphatic carbocycles. The first kappa shape index (κ1) is 12.9. The second-order valence-electron chi connectivity index (χ2n) is 3.19. The molecule has 0 bridgehead atoms. The largest absolute Gasteiger partial charge is 0.496 e. The number of hydrogen-bond donors (Lipinski definition) is 1. The van der Waals surface area contributed by atoms with Gasteiger partial charge in [-0.3, -0.25) is 0 Å². The molecule has 90 valence electrons. The van der Waals surface area contributed by atoms with E-state index in [1.807, 2.05) is 0 Å². The second kappa shape index (κ2) is 6.40. The van der Waals surface area contributed by atoms with Crippen LogP contribution >= 0.6 is 0 Å². The second-order valence-corrected chi connectivity index (χ2v) is 3.19. The van der Waals surface area contributed by atoms with E-state index in [0.29, 0.717) is 11.3 Å². The molecule has 0 saturated carbocycles. The predicted octanol–water partition coefficient (Wildman–Crippen LogP) is 1.98. The van der Waals surface area contributed by atoms with Gasteiger partial charge < -0.3 is 15.2 Å². The van der Waals surface area contributed by atoms with Crippen molar-refractivity contribution < 1.29 is 18.3 Å². The monoisotopic (exact) mass is 231 g/mol. The Hall–Kier alpha value is -1.20. The van der Waals surface area contributed by atoms with E-state index in [1.165, 1.54) is 7.11 Å². The minimum Gasteiger partial charge on any atom is -0.496 e. The van der Waals surface area contributed by atoms with Gasteiger partial charge in [-0.05, 0) is 6.07 Å². The van der Waals surface area contributed by atoms with Gasteiger partial charge in [0, 0.05) is 12.1 Å². The van der Waals surface area contributed by atoms with Gasteiger partial charge in [-0.2, -0.15) is 0 Å². The van der Waals surface area contributed by atoms with Crippen molar-refractivity contribution in [2.24, 2.45) is 5.73 Å². The molecule has 16 heavy (non-hydrogen) atoms. The zero-order valence-corrected chi connectivity index (χ0v) is 9.03. The summed E-state index contributed by atoms with van der Waals surface area (Å²) in [4.78, 5) is 0. The Morgan fingerprint density at radius 2 is 2.00 bits per heavy atom. The van der Waals surface area contributed by atoms with Gasteiger partial charge in [-0.25, -0.2) is 8.78 Å². The molecular weight excluding hydrogens is 216 g/mol. The average Bonchev–Trinajstić information content (AvgIpc) is 2.30. The molecule has 0 heterocycles. The molecule has 0 radical (unpaired) electrons. The van der Waals surface area contributed by atoms with Gasteiger partial charge in [-0.15, -0.1) is 0 Å². The topological polar surface area (TPSA) is 44.5 Å². The standard InChI is InChI=1S/C11H15F2NO2/c1-15-9-5-3-2-4-8(9)10(6-14)16-7-11(12)13/h2-5,10-11H,6-7,14H2,1H3. The van der Waals surface area contributed by atoms with Crippen LogP contribution in [0.5, 0.6) is 5.75 Å². The molecule has 1 rings (SSSR count). The molecule has 1 unspecified atom stereocenters. The van der Waals surface area contributed by atoms with Crippen LogP contribution in [-0.4, -0.2) is 26.7 Å². The lowest BCUT2D eigenvalue weighted by Gasteiger charge is -2.18. The third-order valence-corrected chi connectivity index (χ3v) is 2.12. The predicted molar refractivity (Wildman–Crippen MR) is 56.7 cm³/mol. The van der Waals surface area contributed by atoms with Gasteiger partial charge in [0.15, 0.2) is 0 Å². The normalized spacial score (nSPS) is 12.8. The molecule has 2 N–H and O–H groups in total. The van der Waals surface area contributed by atoms with Gasteiger partial charge in [0.05, 0.1) is 13.2 Å². The van der Waals surface area contributed by atoms with Crippen molar-refractivity contribution in [3.05, 3.63) is 29.8 Å². The fourth-order valence-corrected chi connectivity index (χ4v) is 1.41. The fourth-order valence-electron chi connectivity index (χ4n) is 1.41. The number of alkyl halides is 2. The third kappa shape index (κ3) is 3.43. The highest BCUT2D eigenvalue weighted by Crippen LogP contribution is 2.26. The van der Waals surface area contributed by atoms with Gasteiger partial charge in [0.25, 0.3) is 6.43 Å². The van der Waals surface area contributed by atoms with Gasteiger partial charge >= 0.3 is 0 Å². The highest BCUT2D eigenvalue weighted by molar-refractivity contribution is 5.35. The lowest BCUT2D eigenvalue weighted by Crippen LogP contribution is -2.19. The van der Waals surface area contributed by atoms with Crippen LogP contribution in [0.3, 0.4) is 0 Å². The Bertz CT molecular complexity index is 321. The SMILES string of the molecule is COc1ccccc1C(CN)OCC(F)F. The van der Waals surface area contributed by atoms with Crippen LogP contribution in [0.1, 0.15) is 11.7 Å². The summed E-state index contributed by atoms with van der Waals surface area (Å²) in [5.74, 6) is 0.590. The van der Waals surface area contributed by atoms with E-state index in [9.17, 15) is 8.78 Å². The van der Waals surface area contributed by atoms with Crippen LogP contribution in [0, 0.1) is 0 Å². The fraction of sp³-hybridized carbons (Fsp3) is 0.455. The maximum absolute atomic E-state index is 12.0. The molecule has 0 amide bonds. The number of rotatable bonds is 6. The van der Waals surface area contributed by atoms with Crippen LogP contribution in [0.15, 0.2) is 24.3 Å². The van der Waals surface area contributed by atoms with Crippen molar-refractivity contribution in [1.82, 2.24) is 0 Å². The van der Waals surface area contributed by atoms with Crippen LogP contribution in [0.4, 0.5) is 8.78 Å². The molecule has 0 fully saturated rings. The maximum Gasteiger partial charge on any atom is 0.261 e. The molecule has 3 nitrogen and oxygen atoms in total. The Morgan fingerprint density at radius 1 is 1.31 bits per heavy atom. The molecule has 1 aromatic carbocycles. The van der Waals surface area contributed by atoms with Crippen molar-refractivity contribution in [3.8, 4) is 5.75 Å². The zero-order chi connectivity index (χ0) is 12.0. The Kier molecular flexibility index (Phi) is 5.14. The van der Waals surface area contributed by atoms with E-state index in [4.69, 9.17) is 15.2 Å². The van der Waals surface area contributed by atoms with Crippen molar-refractivity contribution in [2.45, 2.75) is 12.5 Å². The van der Waals surface area contributed by atoms with Crippen molar-refractivity contribution in [1.29, 1.82) is 0 Å². The Balaban J connectivity index is 2.77. The first-order valence-electron chi connectivity index (χ1n) is 4.91. The maximum atomic E-state index is 12.0. The first-order valence-corrected chi connectivity index (χ1v) is 4.91. The molecular formula is C11H15F2NO2. The molecule has 0 aromatic heterocycles. The van der Waals surface area contributed by atoms with Gasteiger partial charge in [0.2, 0.25) is 0 Å². The Labute approximate surface area is 93.2 Å². The summed E-state index contributed by atoms with van der Waals surface area (Å²) >= 11 is 0. The minimum absolute atomic E-state index is 0.132. The van der Waals surface area contributed by atoms with Crippen LogP contribution in [-0.2, 0) is 4.74 Å². The van der Waals surface area contributed by atoms with Crippen LogP contribution in [0.2, 0.25) is 0 Å². The quantitative estimate of drug-likeness (QED) is 0.814. The molecule has 1 aromatic rings. The summed E-state index contributed by atoms with van der Waals surface area (Å²) in [6.07, 6.45) is -3.06. The summed E-state index contributed by atoms with van der Waals surface area (Å²) in [7, 11) is 1.51. The molecule has 0 aliphatic heterocycles. The lowest BCUT2D eigenvalue weighted by atomic mass is 10.1. The van der Waals surface area contributed by atoms with Crippen LogP contribution in [0.25, 0.3) is 0 Å². The molecule has 1 atom stereocenters. The van der Waals surface area contributed by atoms with E-state index in [-0.39, 0.29) is 6.54 Å². The number of benzene rings is 1. The number of halogens is 2. The highest BCUT2D eigenvalue weighted by atomic mass is 19.3. The van der Waals surface area contributed by atoms with E-state index < -0.39 is 19.1 Å². The lowest BCUT2D eigenvalue weighted by molar-refractivity contribution is -0.0223. The number of methoxy groups -OCH3 is 1. The van der Waals surface area contributed by atoms with Crippen molar-refractivity contribution in [2.75, 3.05) is 20.3 Å². The molecule has 0 spiro atoms. The molecule has 5 heteroatoms. The summed E-state index contributed by atoms with van der Waals surface area (Å²) < 4.78 is 34.2. The summed E-state index contributed by atoms with van der Waals surface area (Å²) in [6, 6.07) is 7.07. The van der Waals surface area contributed by atoms with Crippen LogP contribution < -0.4 is 10.5 Å². The average molecular weight is 231 g/mol. The van der Waals surface area contributed by atoms with Gasteiger partial charge in [-0.1, -0.05) is 18.2 Å². The van der Waals surface area contributed by atoms with E-state index in [1.54, 1.807) is 24.3 Å². The first-order chi connectivity index (χ1) is 7.69. The minimum atomic E-state index is -2.50. The zero-order valence-electron chi connectivity index (χ0n) is 9.03. The number of nitrogens with two attached hydrogens (primary N) is 1. The van der Waals surface area contributed by atoms with Crippen molar-refractivity contribution in [3.63, 3.8) is 0 Å². The molecule has 0 aliphatic rings. The van der Waals surface area contributed by atoms with Gasteiger partial charge in [0.1, 0.15) is 12.4 Å². The third-order valence-electron chi connectivity index (χ3n) is 2.12. The Morgan fingerprint density at radius 3 is 2.56 bits per heavy atom. The van der Waals surface area contributed by atoms with E-state index >= 15 is 0 Å². The number of ether oxygens (including phenoxy) is 2. The summed E-state index contributed by atoms with van der Waals surface area (Å²) in [5.41, 5.74) is 6.18.